The molecule has 4 N–H and O–H groups in total. The fraction of sp³-hybridized carbons (Fsp3) is 0.611. The largest absolute Gasteiger partial charge is 0.454 e. The van der Waals surface area contributed by atoms with E-state index in [1.54, 1.807) is 12.1 Å². The number of hydrogen-bond donors (Lipinski definition) is 4. The molecule has 15 heteroatoms. The average molecular weight is 733 g/mol. The number of fused-ring (bicyclic) bond motifs is 2. The number of para-hydroxylation sites is 1. The van der Waals surface area contributed by atoms with Gasteiger partial charge in [0, 0.05) is 25.7 Å². The van der Waals surface area contributed by atoms with E-state index in [4.69, 9.17) is 23.7 Å². The molecule has 0 aliphatic carbocycles. The maximum Gasteiger partial charge on any atom is 0.407 e. The first-order valence-corrected chi connectivity index (χ1v) is 19.1. The molecule has 5 rings (SSSR count). The third-order valence-corrected chi connectivity index (χ3v) is 11.1. The summed E-state index contributed by atoms with van der Waals surface area (Å²) in [5.74, 6) is 0.376. The molecule has 0 aromatic heterocycles. The second-order valence-corrected chi connectivity index (χ2v) is 16.3. The second-order valence-electron chi connectivity index (χ2n) is 14.4. The number of sulfonamides is 1. The highest BCUT2D eigenvalue weighted by Crippen LogP contribution is 2.40. The predicted molar refractivity (Wildman–Crippen MR) is 188 cm³/mol. The van der Waals surface area contributed by atoms with Gasteiger partial charge in [-0.3, -0.25) is 0 Å². The van der Waals surface area contributed by atoms with Crippen LogP contribution in [0.1, 0.15) is 58.9 Å². The summed E-state index contributed by atoms with van der Waals surface area (Å²) in [7, 11) is -4.25. The summed E-state index contributed by atoms with van der Waals surface area (Å²) in [6.07, 6.45) is 0.0523. The Bertz CT molecular complexity index is 1570. The van der Waals surface area contributed by atoms with Gasteiger partial charge >= 0.3 is 12.1 Å². The molecule has 3 aliphatic heterocycles. The monoisotopic (exact) mass is 732 g/mol. The first-order chi connectivity index (χ1) is 24.3. The van der Waals surface area contributed by atoms with Crippen molar-refractivity contribution >= 4 is 22.1 Å². The summed E-state index contributed by atoms with van der Waals surface area (Å²) in [5, 5.41) is 20.3. The zero-order valence-electron chi connectivity index (χ0n) is 29.8. The molecule has 2 aromatic carbocycles. The summed E-state index contributed by atoms with van der Waals surface area (Å²) in [6, 6.07) is 12.9. The summed E-state index contributed by atoms with van der Waals surface area (Å²) >= 11 is 0. The number of benzene rings is 2. The van der Waals surface area contributed by atoms with Crippen LogP contribution in [0.5, 0.6) is 11.5 Å². The van der Waals surface area contributed by atoms with E-state index in [2.05, 4.69) is 16.0 Å². The number of nitrogens with zero attached hydrogens (tertiary/aromatic N) is 1. The lowest BCUT2D eigenvalue weighted by Gasteiger charge is -2.35. The quantitative estimate of drug-likeness (QED) is 0.175. The van der Waals surface area contributed by atoms with Gasteiger partial charge in [-0.15, -0.1) is 0 Å². The minimum atomic E-state index is -4.25. The first kappa shape index (κ1) is 38.6. The number of hydrogen-bond acceptors (Lipinski definition) is 10. The van der Waals surface area contributed by atoms with Crippen LogP contribution in [0.25, 0.3) is 0 Å². The number of carbonyl (C=O) groups is 2. The molecule has 2 fully saturated rings. The Morgan fingerprint density at radius 1 is 1.04 bits per heavy atom. The maximum absolute atomic E-state index is 14.5. The number of urea groups is 1. The van der Waals surface area contributed by atoms with E-state index >= 15 is 0 Å². The number of aliphatic hydroxyl groups excluding tert-OH is 1. The second kappa shape index (κ2) is 17.3. The summed E-state index contributed by atoms with van der Waals surface area (Å²) in [6.45, 7) is 8.56. The Balaban J connectivity index is 1.33. The van der Waals surface area contributed by atoms with Gasteiger partial charge in [-0.05, 0) is 62.6 Å². The number of ether oxygens (including phenoxy) is 5. The zero-order valence-corrected chi connectivity index (χ0v) is 30.7. The van der Waals surface area contributed by atoms with E-state index in [0.717, 1.165) is 12.0 Å². The number of unbranched alkanes of at least 4 members (excludes halogenated alkanes) is 1. The molecule has 2 saturated heterocycles. The van der Waals surface area contributed by atoms with Gasteiger partial charge < -0.3 is 44.7 Å². The molecule has 3 aliphatic rings. The Kier molecular flexibility index (Phi) is 13.1. The van der Waals surface area contributed by atoms with Crippen molar-refractivity contribution in [2.45, 2.75) is 95.3 Å². The zero-order chi connectivity index (χ0) is 36.6. The SMILES string of the molecule is CC(C)NC(=O)NCCCCC(C)(C)CN(C[C@@H](O)[C@H](Cc1ccccc1)NC(=O)O[C@H]1CO[C@H]2OCC[C@H]21)S(=O)(=O)c1cccc2c1OCO2. The third kappa shape index (κ3) is 10.5. The normalized spacial score (nSPS) is 21.0. The predicted octanol–water partition coefficient (Wildman–Crippen LogP) is 3.77. The molecule has 3 amide bonds. The lowest BCUT2D eigenvalue weighted by atomic mass is 9.87. The molecule has 0 saturated carbocycles. The molecular formula is C36H52N4O10S. The van der Waals surface area contributed by atoms with Gasteiger partial charge in [-0.2, -0.15) is 4.31 Å². The van der Waals surface area contributed by atoms with E-state index in [1.807, 2.05) is 58.0 Å². The highest BCUT2D eigenvalue weighted by Gasteiger charge is 2.44. The molecule has 2 aromatic rings. The highest BCUT2D eigenvalue weighted by molar-refractivity contribution is 7.89. The Morgan fingerprint density at radius 2 is 1.82 bits per heavy atom. The smallest absolute Gasteiger partial charge is 0.407 e. The molecule has 5 atom stereocenters. The number of rotatable bonds is 17. The van der Waals surface area contributed by atoms with E-state index in [0.29, 0.717) is 38.2 Å². The van der Waals surface area contributed by atoms with Gasteiger partial charge in [-0.25, -0.2) is 18.0 Å². The maximum atomic E-state index is 14.5. The van der Waals surface area contributed by atoms with E-state index in [-0.39, 0.29) is 61.5 Å². The highest BCUT2D eigenvalue weighted by atomic mass is 32.2. The number of carbonyl (C=O) groups excluding carboxylic acids is 2. The van der Waals surface area contributed by atoms with Crippen molar-refractivity contribution in [3.8, 4) is 11.5 Å². The van der Waals surface area contributed by atoms with Crippen molar-refractivity contribution < 1.29 is 46.8 Å². The molecule has 0 radical (unpaired) electrons. The van der Waals surface area contributed by atoms with Crippen molar-refractivity contribution in [1.29, 1.82) is 0 Å². The Labute approximate surface area is 300 Å². The third-order valence-electron chi connectivity index (χ3n) is 9.27. The number of alkyl carbamates (subject to hydrolysis) is 1. The van der Waals surface area contributed by atoms with Crippen molar-refractivity contribution in [2.24, 2.45) is 11.3 Å². The summed E-state index contributed by atoms with van der Waals surface area (Å²) < 4.78 is 58.2. The van der Waals surface area contributed by atoms with Crippen LogP contribution >= 0.6 is 0 Å². The minimum Gasteiger partial charge on any atom is -0.454 e. The topological polar surface area (TPSA) is 174 Å². The van der Waals surface area contributed by atoms with Crippen molar-refractivity contribution in [1.82, 2.24) is 20.3 Å². The van der Waals surface area contributed by atoms with Crippen LogP contribution in [0.2, 0.25) is 0 Å². The van der Waals surface area contributed by atoms with Gasteiger partial charge in [0.25, 0.3) is 0 Å². The molecule has 0 unspecified atom stereocenters. The van der Waals surface area contributed by atoms with Gasteiger partial charge in [0.2, 0.25) is 16.8 Å². The molecule has 3 heterocycles. The van der Waals surface area contributed by atoms with Crippen molar-refractivity contribution in [3.05, 3.63) is 54.1 Å². The van der Waals surface area contributed by atoms with E-state index in [1.165, 1.54) is 10.4 Å². The summed E-state index contributed by atoms with van der Waals surface area (Å²) in [5.41, 5.74) is 0.304. The van der Waals surface area contributed by atoms with Crippen LogP contribution in [-0.2, 0) is 30.7 Å². The van der Waals surface area contributed by atoms with Crippen molar-refractivity contribution in [2.75, 3.05) is 39.6 Å². The molecule has 0 spiro atoms. The van der Waals surface area contributed by atoms with Gasteiger partial charge in [0.15, 0.2) is 17.8 Å². The van der Waals surface area contributed by atoms with Crippen LogP contribution in [0.4, 0.5) is 9.59 Å². The molecule has 51 heavy (non-hydrogen) atoms. The fourth-order valence-electron chi connectivity index (χ4n) is 6.65. The molecule has 14 nitrogen and oxygen atoms in total. The van der Waals surface area contributed by atoms with Gasteiger partial charge in [-0.1, -0.05) is 56.7 Å². The number of nitrogens with one attached hydrogen (secondary N) is 3. The summed E-state index contributed by atoms with van der Waals surface area (Å²) in [4.78, 5) is 25.2. The number of aliphatic hydroxyl groups is 1. The molecular weight excluding hydrogens is 680 g/mol. The molecule has 0 bridgehead atoms. The van der Waals surface area contributed by atoms with Crippen LogP contribution < -0.4 is 25.4 Å². The fourth-order valence-corrected chi connectivity index (χ4v) is 8.44. The van der Waals surface area contributed by atoms with Gasteiger partial charge in [0.05, 0.1) is 31.3 Å². The van der Waals surface area contributed by atoms with Gasteiger partial charge in [0.1, 0.15) is 11.0 Å². The van der Waals surface area contributed by atoms with Crippen LogP contribution in [0.15, 0.2) is 53.4 Å². The van der Waals surface area contributed by atoms with E-state index in [9.17, 15) is 23.1 Å². The first-order valence-electron chi connectivity index (χ1n) is 17.7. The van der Waals surface area contributed by atoms with Crippen LogP contribution in [0, 0.1) is 11.3 Å². The van der Waals surface area contributed by atoms with Crippen LogP contribution in [0.3, 0.4) is 0 Å². The molecule has 282 valence electrons. The van der Waals surface area contributed by atoms with Crippen molar-refractivity contribution in [3.63, 3.8) is 0 Å². The van der Waals surface area contributed by atoms with Crippen LogP contribution in [-0.4, -0.2) is 100 Å². The lowest BCUT2D eigenvalue weighted by Crippen LogP contribution is -2.52. The van der Waals surface area contributed by atoms with E-state index < -0.39 is 46.1 Å². The Hall–Kier alpha value is -3.63. The minimum absolute atomic E-state index is 0.0276. The number of amides is 3. The lowest BCUT2D eigenvalue weighted by molar-refractivity contribution is -0.0907. The average Bonchev–Trinajstić information content (AvgIpc) is 3.83. The standard InChI is InChI=1S/C36H52N4O10S/c1-24(2)38-34(42)37-17-9-8-16-36(3,4)22-40(51(44,45)31-14-10-13-29-32(31)49-23-48-29)20-28(41)27(19-25-11-6-5-7-12-25)39-35(43)50-30-21-47-33-26(30)15-18-46-33/h5-7,10-14,24,26-28,30,33,41H,8-9,15-23H2,1-4H3,(H,39,43)(H2,37,38,42)/t26-,27-,28+,30-,33+/m0/s1. The Morgan fingerprint density at radius 3 is 2.59 bits per heavy atom.